The van der Waals surface area contributed by atoms with Crippen molar-refractivity contribution >= 4 is 11.9 Å². The number of hydrogen-bond donors (Lipinski definition) is 1. The van der Waals surface area contributed by atoms with Crippen LogP contribution < -0.4 is 0 Å². The number of rotatable bonds is 2. The second kappa shape index (κ2) is 5.15. The molecule has 1 aliphatic heterocycles. The number of benzene rings is 1. The van der Waals surface area contributed by atoms with Crippen LogP contribution in [0.2, 0.25) is 0 Å². The van der Waals surface area contributed by atoms with Crippen molar-refractivity contribution in [2.24, 2.45) is 0 Å². The summed E-state index contributed by atoms with van der Waals surface area (Å²) < 4.78 is 36.6. The number of aromatic carboxylic acids is 1. The molecule has 1 heterocycles. The monoisotopic (exact) mass is 287 g/mol. The van der Waals surface area contributed by atoms with Gasteiger partial charge < -0.3 is 10.0 Å². The van der Waals surface area contributed by atoms with E-state index in [1.165, 1.54) is 12.1 Å². The average molecular weight is 287 g/mol. The molecule has 0 atom stereocenters. The van der Waals surface area contributed by atoms with Crippen molar-refractivity contribution in [3.05, 3.63) is 34.9 Å². The van der Waals surface area contributed by atoms with Gasteiger partial charge in [0.1, 0.15) is 6.42 Å². The lowest BCUT2D eigenvalue weighted by atomic mass is 9.97. The first kappa shape index (κ1) is 14.4. The molecule has 0 saturated heterocycles. The van der Waals surface area contributed by atoms with Crippen molar-refractivity contribution in [3.63, 3.8) is 0 Å². The first-order chi connectivity index (χ1) is 9.26. The molecule has 0 radical (unpaired) electrons. The maximum atomic E-state index is 12.2. The molecule has 1 N–H and O–H groups in total. The number of amides is 1. The molecule has 2 rings (SSSR count). The van der Waals surface area contributed by atoms with Crippen molar-refractivity contribution < 1.29 is 27.9 Å². The minimum absolute atomic E-state index is 0.0192. The SMILES string of the molecule is O=C(O)c1ccc2c(c1)CN(C(=O)CC(F)(F)F)CC2. The molecule has 1 aromatic rings. The van der Waals surface area contributed by atoms with Crippen LogP contribution in [0.5, 0.6) is 0 Å². The van der Waals surface area contributed by atoms with E-state index < -0.39 is 24.5 Å². The minimum Gasteiger partial charge on any atom is -0.478 e. The molecule has 0 spiro atoms. The highest BCUT2D eigenvalue weighted by Crippen LogP contribution is 2.25. The van der Waals surface area contributed by atoms with Gasteiger partial charge in [0, 0.05) is 13.1 Å². The Bertz CT molecular complexity index is 554. The van der Waals surface area contributed by atoms with Gasteiger partial charge in [-0.25, -0.2) is 4.79 Å². The van der Waals surface area contributed by atoms with Crippen LogP contribution in [0.15, 0.2) is 18.2 Å². The van der Waals surface area contributed by atoms with Crippen LogP contribution in [0.4, 0.5) is 13.2 Å². The van der Waals surface area contributed by atoms with Gasteiger partial charge in [-0.1, -0.05) is 6.07 Å². The molecule has 0 saturated carbocycles. The molecular formula is C13H12F3NO3. The molecular weight excluding hydrogens is 275 g/mol. The number of carboxylic acids is 1. The zero-order chi connectivity index (χ0) is 14.9. The number of hydrogen-bond acceptors (Lipinski definition) is 2. The molecule has 0 aromatic heterocycles. The standard InChI is InChI=1S/C13H12F3NO3/c14-13(15,16)6-11(18)17-4-3-8-1-2-9(12(19)20)5-10(8)7-17/h1-2,5H,3-4,6-7H2,(H,19,20). The Morgan fingerprint density at radius 3 is 2.55 bits per heavy atom. The Labute approximate surface area is 112 Å². The number of nitrogens with zero attached hydrogens (tertiary/aromatic N) is 1. The smallest absolute Gasteiger partial charge is 0.397 e. The van der Waals surface area contributed by atoms with Crippen LogP contribution in [-0.2, 0) is 17.8 Å². The zero-order valence-corrected chi connectivity index (χ0v) is 10.4. The first-order valence-electron chi connectivity index (χ1n) is 5.96. The van der Waals surface area contributed by atoms with E-state index in [0.29, 0.717) is 12.0 Å². The maximum Gasteiger partial charge on any atom is 0.397 e. The largest absolute Gasteiger partial charge is 0.478 e. The average Bonchev–Trinajstić information content (AvgIpc) is 2.35. The highest BCUT2D eigenvalue weighted by molar-refractivity contribution is 5.88. The van der Waals surface area contributed by atoms with Crippen LogP contribution in [-0.4, -0.2) is 34.6 Å². The topological polar surface area (TPSA) is 57.6 Å². The van der Waals surface area contributed by atoms with Crippen molar-refractivity contribution in [1.82, 2.24) is 4.90 Å². The lowest BCUT2D eigenvalue weighted by Gasteiger charge is -2.29. The third-order valence-corrected chi connectivity index (χ3v) is 3.17. The van der Waals surface area contributed by atoms with Gasteiger partial charge in [-0.3, -0.25) is 4.79 Å². The maximum absolute atomic E-state index is 12.2. The van der Waals surface area contributed by atoms with E-state index in [9.17, 15) is 22.8 Å². The predicted molar refractivity (Wildman–Crippen MR) is 63.2 cm³/mol. The van der Waals surface area contributed by atoms with Crippen molar-refractivity contribution in [3.8, 4) is 0 Å². The van der Waals surface area contributed by atoms with Crippen LogP contribution >= 0.6 is 0 Å². The number of alkyl halides is 3. The van der Waals surface area contributed by atoms with Gasteiger partial charge in [0.15, 0.2) is 0 Å². The van der Waals surface area contributed by atoms with Crippen LogP contribution in [0, 0.1) is 0 Å². The second-order valence-electron chi connectivity index (χ2n) is 4.65. The lowest BCUT2D eigenvalue weighted by molar-refractivity contribution is -0.162. The molecule has 20 heavy (non-hydrogen) atoms. The Balaban J connectivity index is 2.15. The zero-order valence-electron chi connectivity index (χ0n) is 10.4. The van der Waals surface area contributed by atoms with E-state index in [4.69, 9.17) is 5.11 Å². The Kier molecular flexibility index (Phi) is 3.69. The third kappa shape index (κ3) is 3.28. The van der Waals surface area contributed by atoms with Crippen molar-refractivity contribution in [2.75, 3.05) is 6.54 Å². The Morgan fingerprint density at radius 2 is 1.95 bits per heavy atom. The molecule has 1 aliphatic rings. The molecule has 0 fully saturated rings. The van der Waals surface area contributed by atoms with Crippen molar-refractivity contribution in [1.29, 1.82) is 0 Å². The van der Waals surface area contributed by atoms with Crippen LogP contribution in [0.25, 0.3) is 0 Å². The van der Waals surface area contributed by atoms with Gasteiger partial charge in [0.25, 0.3) is 0 Å². The fraction of sp³-hybridized carbons (Fsp3) is 0.385. The fourth-order valence-electron chi connectivity index (χ4n) is 2.19. The summed E-state index contributed by atoms with van der Waals surface area (Å²) in [6, 6.07) is 4.50. The number of halogens is 3. The molecule has 1 amide bonds. The summed E-state index contributed by atoms with van der Waals surface area (Å²) >= 11 is 0. The number of carbonyl (C=O) groups excluding carboxylic acids is 1. The summed E-state index contributed by atoms with van der Waals surface area (Å²) in [5.41, 5.74) is 1.52. The Hall–Kier alpha value is -2.05. The molecule has 7 heteroatoms. The quantitative estimate of drug-likeness (QED) is 0.907. The highest BCUT2D eigenvalue weighted by Gasteiger charge is 2.34. The second-order valence-corrected chi connectivity index (χ2v) is 4.65. The molecule has 4 nitrogen and oxygen atoms in total. The molecule has 1 aromatic carbocycles. The van der Waals surface area contributed by atoms with Gasteiger partial charge in [0.05, 0.1) is 5.56 Å². The van der Waals surface area contributed by atoms with E-state index in [1.54, 1.807) is 6.07 Å². The summed E-state index contributed by atoms with van der Waals surface area (Å²) in [5, 5.41) is 8.89. The fourth-order valence-corrected chi connectivity index (χ4v) is 2.19. The van der Waals surface area contributed by atoms with Gasteiger partial charge in [0.2, 0.25) is 5.91 Å². The van der Waals surface area contributed by atoms with E-state index in [1.807, 2.05) is 0 Å². The molecule has 108 valence electrons. The van der Waals surface area contributed by atoms with Gasteiger partial charge in [-0.2, -0.15) is 13.2 Å². The van der Waals surface area contributed by atoms with E-state index in [2.05, 4.69) is 0 Å². The third-order valence-electron chi connectivity index (χ3n) is 3.17. The highest BCUT2D eigenvalue weighted by atomic mass is 19.4. The normalized spacial score (nSPS) is 14.8. The van der Waals surface area contributed by atoms with E-state index >= 15 is 0 Å². The van der Waals surface area contributed by atoms with Gasteiger partial charge >= 0.3 is 12.1 Å². The summed E-state index contributed by atoms with van der Waals surface area (Å²) in [4.78, 5) is 23.5. The van der Waals surface area contributed by atoms with E-state index in [0.717, 1.165) is 10.5 Å². The summed E-state index contributed by atoms with van der Waals surface area (Å²) in [5.74, 6) is -2.09. The molecule has 0 bridgehead atoms. The minimum atomic E-state index is -4.53. The number of carboxylic acid groups (broad SMARTS) is 1. The van der Waals surface area contributed by atoms with E-state index in [-0.39, 0.29) is 18.7 Å². The number of fused-ring (bicyclic) bond motifs is 1. The van der Waals surface area contributed by atoms with Crippen LogP contribution in [0.3, 0.4) is 0 Å². The lowest BCUT2D eigenvalue weighted by Crippen LogP contribution is -2.38. The first-order valence-corrected chi connectivity index (χ1v) is 5.96. The molecule has 0 aliphatic carbocycles. The van der Waals surface area contributed by atoms with Gasteiger partial charge in [-0.05, 0) is 29.7 Å². The number of carbonyl (C=O) groups is 2. The van der Waals surface area contributed by atoms with Gasteiger partial charge in [-0.15, -0.1) is 0 Å². The summed E-state index contributed by atoms with van der Waals surface area (Å²) in [6.45, 7) is 0.236. The predicted octanol–water partition coefficient (Wildman–Crippen LogP) is 2.22. The summed E-state index contributed by atoms with van der Waals surface area (Å²) in [6.07, 6.45) is -5.58. The summed E-state index contributed by atoms with van der Waals surface area (Å²) in [7, 11) is 0. The van der Waals surface area contributed by atoms with Crippen molar-refractivity contribution in [2.45, 2.75) is 25.6 Å². The Morgan fingerprint density at radius 1 is 1.25 bits per heavy atom. The van der Waals surface area contributed by atoms with Crippen LogP contribution in [0.1, 0.15) is 27.9 Å². The molecule has 0 unspecified atom stereocenters.